The van der Waals surface area contributed by atoms with E-state index in [1.165, 1.54) is 12.1 Å². The van der Waals surface area contributed by atoms with Crippen LogP contribution < -0.4 is 10.6 Å². The van der Waals surface area contributed by atoms with Crippen molar-refractivity contribution in [1.82, 2.24) is 5.32 Å². The van der Waals surface area contributed by atoms with E-state index in [-0.39, 0.29) is 29.0 Å². The summed E-state index contributed by atoms with van der Waals surface area (Å²) >= 11 is 3.06. The quantitative estimate of drug-likeness (QED) is 0.780. The molecule has 0 aliphatic heterocycles. The van der Waals surface area contributed by atoms with Gasteiger partial charge in [-0.3, -0.25) is 9.59 Å². The summed E-state index contributed by atoms with van der Waals surface area (Å²) in [6, 6.07) is 12.4. The average molecular weight is 379 g/mol. The lowest BCUT2D eigenvalue weighted by Gasteiger charge is -2.14. The van der Waals surface area contributed by atoms with Crippen molar-refractivity contribution in [3.05, 3.63) is 65.5 Å². The second kappa shape index (κ2) is 7.87. The SMILES string of the molecule is C[C@H](NC(=O)c1ccc(NC(=O)CBr)cc1)c1ccc(F)cc1. The van der Waals surface area contributed by atoms with E-state index in [2.05, 4.69) is 26.6 Å². The molecule has 0 aliphatic carbocycles. The van der Waals surface area contributed by atoms with Crippen molar-refractivity contribution in [2.75, 3.05) is 10.6 Å². The van der Waals surface area contributed by atoms with E-state index in [1.54, 1.807) is 36.4 Å². The Morgan fingerprint density at radius 3 is 2.26 bits per heavy atom. The first-order valence-corrected chi connectivity index (χ1v) is 8.14. The van der Waals surface area contributed by atoms with Crippen LogP contribution in [-0.2, 0) is 4.79 Å². The summed E-state index contributed by atoms with van der Waals surface area (Å²) in [6.07, 6.45) is 0. The molecule has 2 rings (SSSR count). The summed E-state index contributed by atoms with van der Waals surface area (Å²) < 4.78 is 12.9. The molecule has 2 amide bonds. The molecule has 0 unspecified atom stereocenters. The van der Waals surface area contributed by atoms with Crippen LogP contribution in [0.3, 0.4) is 0 Å². The van der Waals surface area contributed by atoms with Crippen molar-refractivity contribution in [2.24, 2.45) is 0 Å². The van der Waals surface area contributed by atoms with Gasteiger partial charge >= 0.3 is 0 Å². The number of hydrogen-bond donors (Lipinski definition) is 2. The second-order valence-corrected chi connectivity index (χ2v) is 5.57. The van der Waals surface area contributed by atoms with E-state index < -0.39 is 0 Å². The summed E-state index contributed by atoms with van der Waals surface area (Å²) in [4.78, 5) is 23.5. The van der Waals surface area contributed by atoms with Crippen LogP contribution in [0.4, 0.5) is 10.1 Å². The monoisotopic (exact) mass is 378 g/mol. The third-order valence-corrected chi connectivity index (χ3v) is 3.78. The number of anilines is 1. The maximum absolute atomic E-state index is 12.9. The van der Waals surface area contributed by atoms with Crippen LogP contribution in [0.1, 0.15) is 28.9 Å². The predicted octanol–water partition coefficient (Wildman–Crippen LogP) is 3.65. The molecule has 4 nitrogen and oxygen atoms in total. The highest BCUT2D eigenvalue weighted by atomic mass is 79.9. The normalized spacial score (nSPS) is 11.6. The smallest absolute Gasteiger partial charge is 0.251 e. The summed E-state index contributed by atoms with van der Waals surface area (Å²) in [5.74, 6) is -0.708. The number of carbonyl (C=O) groups is 2. The van der Waals surface area contributed by atoms with E-state index in [0.717, 1.165) is 5.56 Å². The molecule has 23 heavy (non-hydrogen) atoms. The standard InChI is InChI=1S/C17H16BrFN2O2/c1-11(12-2-6-14(19)7-3-12)20-17(23)13-4-8-15(9-5-13)21-16(22)10-18/h2-9,11H,10H2,1H3,(H,20,23)(H,21,22)/t11-/m0/s1. The third kappa shape index (κ3) is 4.89. The first-order valence-electron chi connectivity index (χ1n) is 7.02. The van der Waals surface area contributed by atoms with Crippen molar-refractivity contribution in [3.8, 4) is 0 Å². The average Bonchev–Trinajstić information content (AvgIpc) is 2.55. The number of alkyl halides is 1. The largest absolute Gasteiger partial charge is 0.346 e. The molecule has 0 saturated carbocycles. The lowest BCUT2D eigenvalue weighted by atomic mass is 10.1. The van der Waals surface area contributed by atoms with Gasteiger partial charge < -0.3 is 10.6 Å². The highest BCUT2D eigenvalue weighted by Crippen LogP contribution is 2.15. The number of benzene rings is 2. The molecule has 0 aromatic heterocycles. The molecule has 6 heteroatoms. The molecule has 0 heterocycles. The van der Waals surface area contributed by atoms with Gasteiger partial charge in [-0.1, -0.05) is 28.1 Å². The van der Waals surface area contributed by atoms with Crippen molar-refractivity contribution in [1.29, 1.82) is 0 Å². The maximum Gasteiger partial charge on any atom is 0.251 e. The highest BCUT2D eigenvalue weighted by molar-refractivity contribution is 9.09. The van der Waals surface area contributed by atoms with E-state index >= 15 is 0 Å². The van der Waals surface area contributed by atoms with Crippen LogP contribution >= 0.6 is 15.9 Å². The minimum Gasteiger partial charge on any atom is -0.346 e. The minimum absolute atomic E-state index is 0.160. The maximum atomic E-state index is 12.9. The Morgan fingerprint density at radius 2 is 1.70 bits per heavy atom. The molecule has 0 aliphatic rings. The molecule has 0 bridgehead atoms. The van der Waals surface area contributed by atoms with Crippen molar-refractivity contribution >= 4 is 33.4 Å². The first kappa shape index (κ1) is 17.1. The van der Waals surface area contributed by atoms with E-state index in [9.17, 15) is 14.0 Å². The first-order chi connectivity index (χ1) is 11.0. The Balaban J connectivity index is 2.00. The van der Waals surface area contributed by atoms with Gasteiger partial charge in [0.1, 0.15) is 5.82 Å². The van der Waals surface area contributed by atoms with Gasteiger partial charge in [0.15, 0.2) is 0 Å². The molecule has 120 valence electrons. The van der Waals surface area contributed by atoms with Crippen LogP contribution in [0, 0.1) is 5.82 Å². The van der Waals surface area contributed by atoms with Crippen LogP contribution in [0.15, 0.2) is 48.5 Å². The molecule has 2 N–H and O–H groups in total. The van der Waals surface area contributed by atoms with Gasteiger partial charge in [0.05, 0.1) is 11.4 Å². The Labute approximate surface area is 142 Å². The summed E-state index contributed by atoms with van der Waals surface area (Å²) in [6.45, 7) is 1.83. The number of amides is 2. The Morgan fingerprint density at radius 1 is 1.09 bits per heavy atom. The van der Waals surface area contributed by atoms with Crippen molar-refractivity contribution in [2.45, 2.75) is 13.0 Å². The lowest BCUT2D eigenvalue weighted by molar-refractivity contribution is -0.113. The number of halogens is 2. The second-order valence-electron chi connectivity index (χ2n) is 5.01. The van der Waals surface area contributed by atoms with E-state index in [4.69, 9.17) is 0 Å². The molecule has 1 atom stereocenters. The van der Waals surface area contributed by atoms with Gasteiger partial charge in [0.2, 0.25) is 5.91 Å². The summed E-state index contributed by atoms with van der Waals surface area (Å²) in [5, 5.41) is 5.74. The number of hydrogen-bond acceptors (Lipinski definition) is 2. The van der Waals surface area contributed by atoms with Gasteiger partial charge in [-0.25, -0.2) is 4.39 Å². The molecular formula is C17H16BrFN2O2. The molecule has 0 saturated heterocycles. The molecule has 2 aromatic carbocycles. The van der Waals surface area contributed by atoms with Crippen molar-refractivity contribution in [3.63, 3.8) is 0 Å². The Kier molecular flexibility index (Phi) is 5.87. The van der Waals surface area contributed by atoms with E-state index in [1.807, 2.05) is 6.92 Å². The highest BCUT2D eigenvalue weighted by Gasteiger charge is 2.11. The Bertz CT molecular complexity index is 687. The van der Waals surface area contributed by atoms with Crippen LogP contribution in [0.25, 0.3) is 0 Å². The zero-order valence-corrected chi connectivity index (χ0v) is 14.1. The molecular weight excluding hydrogens is 363 g/mol. The van der Waals surface area contributed by atoms with Gasteiger partial charge in [0.25, 0.3) is 5.91 Å². The molecule has 0 radical (unpaired) electrons. The third-order valence-electron chi connectivity index (χ3n) is 3.27. The van der Waals surface area contributed by atoms with Crippen LogP contribution in [-0.4, -0.2) is 17.1 Å². The van der Waals surface area contributed by atoms with Crippen LogP contribution in [0.5, 0.6) is 0 Å². The Hall–Kier alpha value is -2.21. The van der Waals surface area contributed by atoms with Crippen LogP contribution in [0.2, 0.25) is 0 Å². The summed E-state index contributed by atoms with van der Waals surface area (Å²) in [5.41, 5.74) is 1.93. The zero-order valence-electron chi connectivity index (χ0n) is 12.5. The fourth-order valence-electron chi connectivity index (χ4n) is 2.01. The number of carbonyl (C=O) groups excluding carboxylic acids is 2. The molecule has 0 fully saturated rings. The van der Waals surface area contributed by atoms with Gasteiger partial charge in [0, 0.05) is 11.3 Å². The van der Waals surface area contributed by atoms with Gasteiger partial charge in [-0.15, -0.1) is 0 Å². The molecule has 2 aromatic rings. The number of nitrogens with one attached hydrogen (secondary N) is 2. The molecule has 0 spiro atoms. The van der Waals surface area contributed by atoms with E-state index in [0.29, 0.717) is 11.3 Å². The predicted molar refractivity (Wildman–Crippen MR) is 91.1 cm³/mol. The lowest BCUT2D eigenvalue weighted by Crippen LogP contribution is -2.26. The number of rotatable bonds is 5. The fraction of sp³-hybridized carbons (Fsp3) is 0.176. The summed E-state index contributed by atoms with van der Waals surface area (Å²) in [7, 11) is 0. The van der Waals surface area contributed by atoms with Crippen molar-refractivity contribution < 1.29 is 14.0 Å². The fourth-order valence-corrected chi connectivity index (χ4v) is 2.15. The van der Waals surface area contributed by atoms with Gasteiger partial charge in [-0.2, -0.15) is 0 Å². The minimum atomic E-state index is -0.312. The van der Waals surface area contributed by atoms with Gasteiger partial charge in [-0.05, 0) is 48.9 Å². The topological polar surface area (TPSA) is 58.2 Å². The zero-order chi connectivity index (χ0) is 16.8.